The van der Waals surface area contributed by atoms with Crippen molar-refractivity contribution in [3.8, 4) is 22.8 Å². The Bertz CT molecular complexity index is 1030. The maximum atomic E-state index is 12.5. The van der Waals surface area contributed by atoms with Gasteiger partial charge in [-0.15, -0.1) is 10.2 Å². The molecule has 3 aromatic rings. The summed E-state index contributed by atoms with van der Waals surface area (Å²) in [6.07, 6.45) is 0. The number of hydrogen-bond acceptors (Lipinski definition) is 6. The number of amides is 1. The number of para-hydroxylation sites is 1. The topological polar surface area (TPSA) is 67.8 Å². The highest BCUT2D eigenvalue weighted by molar-refractivity contribution is 5.78. The Hall–Kier alpha value is -3.61. The number of piperazine rings is 1. The predicted octanol–water partition coefficient (Wildman–Crippen LogP) is 3.58. The third kappa shape index (κ3) is 5.17. The first-order valence-corrected chi connectivity index (χ1v) is 10.9. The van der Waals surface area contributed by atoms with Crippen LogP contribution < -0.4 is 14.4 Å². The van der Waals surface area contributed by atoms with Crippen LogP contribution in [-0.2, 0) is 4.79 Å². The van der Waals surface area contributed by atoms with E-state index < -0.39 is 0 Å². The molecular formula is C25H28N4O3. The van der Waals surface area contributed by atoms with Gasteiger partial charge in [0.25, 0.3) is 5.91 Å². The molecule has 0 radical (unpaired) electrons. The fourth-order valence-corrected chi connectivity index (χ4v) is 3.67. The van der Waals surface area contributed by atoms with E-state index in [0.717, 1.165) is 34.1 Å². The van der Waals surface area contributed by atoms with Crippen molar-refractivity contribution in [2.24, 2.45) is 0 Å². The molecular weight excluding hydrogens is 404 g/mol. The van der Waals surface area contributed by atoms with Crippen LogP contribution in [0.15, 0.2) is 60.7 Å². The molecule has 0 bridgehead atoms. The molecule has 0 saturated carbocycles. The second-order valence-electron chi connectivity index (χ2n) is 7.66. The molecule has 0 N–H and O–H groups in total. The van der Waals surface area contributed by atoms with Gasteiger partial charge < -0.3 is 19.3 Å². The monoisotopic (exact) mass is 432 g/mol. The van der Waals surface area contributed by atoms with Crippen molar-refractivity contribution >= 4 is 11.7 Å². The van der Waals surface area contributed by atoms with Crippen molar-refractivity contribution in [3.63, 3.8) is 0 Å². The Morgan fingerprint density at radius 2 is 1.66 bits per heavy atom. The third-order valence-electron chi connectivity index (χ3n) is 5.51. The second-order valence-corrected chi connectivity index (χ2v) is 7.66. The lowest BCUT2D eigenvalue weighted by Crippen LogP contribution is -2.50. The summed E-state index contributed by atoms with van der Waals surface area (Å²) in [6, 6.07) is 19.5. The minimum absolute atomic E-state index is 0.00448. The average Bonchev–Trinajstić information content (AvgIpc) is 2.84. The summed E-state index contributed by atoms with van der Waals surface area (Å²) in [5.41, 5.74) is 2.84. The zero-order valence-corrected chi connectivity index (χ0v) is 18.5. The highest BCUT2D eigenvalue weighted by Gasteiger charge is 2.22. The van der Waals surface area contributed by atoms with Gasteiger partial charge in [0.1, 0.15) is 11.5 Å². The van der Waals surface area contributed by atoms with Crippen LogP contribution in [0.25, 0.3) is 11.3 Å². The molecule has 1 aliphatic rings. The van der Waals surface area contributed by atoms with Crippen LogP contribution in [-0.4, -0.2) is 60.4 Å². The van der Waals surface area contributed by atoms with Crippen molar-refractivity contribution in [1.82, 2.24) is 15.1 Å². The molecule has 2 aromatic carbocycles. The zero-order chi connectivity index (χ0) is 22.3. The predicted molar refractivity (Wildman–Crippen MR) is 124 cm³/mol. The number of carbonyl (C=O) groups excluding carboxylic acids is 1. The number of nitrogens with zero attached hydrogens (tertiary/aromatic N) is 4. The van der Waals surface area contributed by atoms with Crippen molar-refractivity contribution in [1.29, 1.82) is 0 Å². The van der Waals surface area contributed by atoms with Gasteiger partial charge >= 0.3 is 0 Å². The largest absolute Gasteiger partial charge is 0.494 e. The Morgan fingerprint density at radius 1 is 0.906 bits per heavy atom. The van der Waals surface area contributed by atoms with E-state index >= 15 is 0 Å². The number of carbonyl (C=O) groups is 1. The van der Waals surface area contributed by atoms with Gasteiger partial charge in [-0.2, -0.15) is 0 Å². The Labute approximate surface area is 188 Å². The molecule has 1 saturated heterocycles. The molecule has 1 aliphatic heterocycles. The van der Waals surface area contributed by atoms with E-state index in [0.29, 0.717) is 32.8 Å². The quantitative estimate of drug-likeness (QED) is 0.569. The lowest BCUT2D eigenvalue weighted by Gasteiger charge is -2.35. The molecule has 1 amide bonds. The van der Waals surface area contributed by atoms with E-state index in [1.54, 1.807) is 0 Å². The molecule has 1 aromatic heterocycles. The van der Waals surface area contributed by atoms with Crippen LogP contribution >= 0.6 is 0 Å². The van der Waals surface area contributed by atoms with Gasteiger partial charge in [-0.25, -0.2) is 0 Å². The summed E-state index contributed by atoms with van der Waals surface area (Å²) in [5, 5.41) is 8.80. The first kappa shape index (κ1) is 21.6. The molecule has 0 unspecified atom stereocenters. The maximum Gasteiger partial charge on any atom is 0.260 e. The summed E-state index contributed by atoms with van der Waals surface area (Å²) in [5.74, 6) is 2.42. The highest BCUT2D eigenvalue weighted by Crippen LogP contribution is 2.22. The van der Waals surface area contributed by atoms with Crippen LogP contribution in [0.1, 0.15) is 12.5 Å². The molecule has 0 aliphatic carbocycles. The van der Waals surface area contributed by atoms with Crippen LogP contribution in [0.3, 0.4) is 0 Å². The number of hydrogen-bond donors (Lipinski definition) is 0. The smallest absolute Gasteiger partial charge is 0.260 e. The average molecular weight is 433 g/mol. The van der Waals surface area contributed by atoms with Gasteiger partial charge in [0.05, 0.1) is 12.3 Å². The van der Waals surface area contributed by atoms with E-state index in [9.17, 15) is 4.79 Å². The van der Waals surface area contributed by atoms with Gasteiger partial charge in [-0.05, 0) is 61.9 Å². The van der Waals surface area contributed by atoms with Gasteiger partial charge in [-0.1, -0.05) is 18.2 Å². The van der Waals surface area contributed by atoms with Gasteiger partial charge in [-0.3, -0.25) is 4.79 Å². The molecule has 7 heteroatoms. The minimum atomic E-state index is 0.00448. The van der Waals surface area contributed by atoms with Crippen molar-refractivity contribution in [3.05, 3.63) is 66.2 Å². The van der Waals surface area contributed by atoms with Gasteiger partial charge in [0.2, 0.25) is 0 Å². The van der Waals surface area contributed by atoms with Crippen LogP contribution in [0, 0.1) is 6.92 Å². The Kier molecular flexibility index (Phi) is 6.84. The summed E-state index contributed by atoms with van der Waals surface area (Å²) in [4.78, 5) is 16.5. The number of ether oxygens (including phenoxy) is 2. The molecule has 166 valence electrons. The number of rotatable bonds is 7. The van der Waals surface area contributed by atoms with E-state index in [-0.39, 0.29) is 12.5 Å². The van der Waals surface area contributed by atoms with E-state index in [1.165, 1.54) is 0 Å². The lowest BCUT2D eigenvalue weighted by molar-refractivity contribution is -0.133. The molecule has 0 atom stereocenters. The molecule has 1 fully saturated rings. The third-order valence-corrected chi connectivity index (χ3v) is 5.51. The fourth-order valence-electron chi connectivity index (χ4n) is 3.67. The normalized spacial score (nSPS) is 13.7. The fraction of sp³-hybridized carbons (Fsp3) is 0.320. The zero-order valence-electron chi connectivity index (χ0n) is 18.5. The van der Waals surface area contributed by atoms with Crippen LogP contribution in [0.4, 0.5) is 5.82 Å². The van der Waals surface area contributed by atoms with Gasteiger partial charge in [0, 0.05) is 31.7 Å². The second kappa shape index (κ2) is 10.1. The molecule has 32 heavy (non-hydrogen) atoms. The summed E-state index contributed by atoms with van der Waals surface area (Å²) >= 11 is 0. The number of benzene rings is 2. The summed E-state index contributed by atoms with van der Waals surface area (Å²) in [7, 11) is 0. The number of aryl methyl sites for hydroxylation is 1. The SMILES string of the molecule is CCOc1ccc(-c2ccc(N3CCN(C(=O)COc4ccccc4C)CC3)nn2)cc1. The van der Waals surface area contributed by atoms with Gasteiger partial charge in [0.15, 0.2) is 12.4 Å². The van der Waals surface area contributed by atoms with E-state index in [2.05, 4.69) is 15.1 Å². The van der Waals surface area contributed by atoms with Crippen LogP contribution in [0.5, 0.6) is 11.5 Å². The van der Waals surface area contributed by atoms with Crippen molar-refractivity contribution < 1.29 is 14.3 Å². The number of aromatic nitrogens is 2. The van der Waals surface area contributed by atoms with Crippen LogP contribution in [0.2, 0.25) is 0 Å². The summed E-state index contributed by atoms with van der Waals surface area (Å²) < 4.78 is 11.2. The van der Waals surface area contributed by atoms with Crippen molar-refractivity contribution in [2.45, 2.75) is 13.8 Å². The van der Waals surface area contributed by atoms with E-state index in [4.69, 9.17) is 9.47 Å². The first-order chi connectivity index (χ1) is 15.6. The van der Waals surface area contributed by atoms with Crippen molar-refractivity contribution in [2.75, 3.05) is 44.3 Å². The molecule has 2 heterocycles. The summed E-state index contributed by atoms with van der Waals surface area (Å²) in [6.45, 7) is 7.35. The molecule has 0 spiro atoms. The highest BCUT2D eigenvalue weighted by atomic mass is 16.5. The Balaban J connectivity index is 1.29. The lowest BCUT2D eigenvalue weighted by atomic mass is 10.1. The molecule has 7 nitrogen and oxygen atoms in total. The minimum Gasteiger partial charge on any atom is -0.494 e. The van der Waals surface area contributed by atoms with E-state index in [1.807, 2.05) is 79.4 Å². The molecule has 4 rings (SSSR count). The Morgan fingerprint density at radius 3 is 2.31 bits per heavy atom. The number of anilines is 1. The maximum absolute atomic E-state index is 12.5. The first-order valence-electron chi connectivity index (χ1n) is 10.9. The standard InChI is InChI=1S/C25H28N4O3/c1-3-31-21-10-8-20(9-11-21)22-12-13-24(27-26-22)28-14-16-29(17-15-28)25(30)18-32-23-7-5-4-6-19(23)2/h4-13H,3,14-18H2,1-2H3.